The molecule has 0 bridgehead atoms. The van der Waals surface area contributed by atoms with E-state index in [1.54, 1.807) is 31.2 Å². The largest absolute Gasteiger partial charge is 0.408 e. The number of hydrogen-bond donors (Lipinski definition) is 1. The monoisotopic (exact) mass is 307 g/mol. The van der Waals surface area contributed by atoms with Gasteiger partial charge in [-0.25, -0.2) is 14.6 Å². The third-order valence-corrected chi connectivity index (χ3v) is 3.18. The van der Waals surface area contributed by atoms with Crippen LogP contribution < -0.4 is 5.73 Å². The molecule has 3 aromatic rings. The Bertz CT molecular complexity index is 821. The zero-order valence-corrected chi connectivity index (χ0v) is 11.6. The van der Waals surface area contributed by atoms with E-state index in [4.69, 9.17) is 5.73 Å². The van der Waals surface area contributed by atoms with Crippen LogP contribution in [0.15, 0.2) is 30.5 Å². The molecule has 0 atom stereocenters. The van der Waals surface area contributed by atoms with E-state index in [1.807, 2.05) is 0 Å². The lowest BCUT2D eigenvalue weighted by Gasteiger charge is -2.08. The van der Waals surface area contributed by atoms with Gasteiger partial charge in [0.05, 0.1) is 17.3 Å². The summed E-state index contributed by atoms with van der Waals surface area (Å²) in [7, 11) is 0. The lowest BCUT2D eigenvalue weighted by atomic mass is 10.2. The maximum atomic E-state index is 12.6. The van der Waals surface area contributed by atoms with Gasteiger partial charge in [-0.2, -0.15) is 18.3 Å². The highest BCUT2D eigenvalue weighted by Gasteiger charge is 2.29. The SMILES string of the molecule is Cc1nc(-c2ccc(N)cc2)nc2c1cnn2CC(F)(F)F. The van der Waals surface area contributed by atoms with Crippen LogP contribution in [-0.4, -0.2) is 25.9 Å². The number of hydrogen-bond acceptors (Lipinski definition) is 4. The molecule has 114 valence electrons. The second-order valence-electron chi connectivity index (χ2n) is 4.91. The smallest absolute Gasteiger partial charge is 0.399 e. The molecule has 0 saturated carbocycles. The first-order valence-electron chi connectivity index (χ1n) is 6.46. The average molecular weight is 307 g/mol. The van der Waals surface area contributed by atoms with Crippen molar-refractivity contribution in [3.05, 3.63) is 36.2 Å². The lowest BCUT2D eigenvalue weighted by molar-refractivity contribution is -0.141. The first-order valence-corrected chi connectivity index (χ1v) is 6.46. The van der Waals surface area contributed by atoms with Gasteiger partial charge >= 0.3 is 6.18 Å². The van der Waals surface area contributed by atoms with Gasteiger partial charge in [0.1, 0.15) is 6.54 Å². The number of alkyl halides is 3. The van der Waals surface area contributed by atoms with E-state index in [9.17, 15) is 13.2 Å². The summed E-state index contributed by atoms with van der Waals surface area (Å²) in [4.78, 5) is 8.55. The first-order chi connectivity index (χ1) is 10.3. The van der Waals surface area contributed by atoms with Gasteiger partial charge in [0.25, 0.3) is 0 Å². The minimum atomic E-state index is -4.36. The van der Waals surface area contributed by atoms with Crippen molar-refractivity contribution in [3.8, 4) is 11.4 Å². The second-order valence-corrected chi connectivity index (χ2v) is 4.91. The second kappa shape index (κ2) is 4.97. The van der Waals surface area contributed by atoms with Gasteiger partial charge in [-0.3, -0.25) is 0 Å². The summed E-state index contributed by atoms with van der Waals surface area (Å²) >= 11 is 0. The van der Waals surface area contributed by atoms with Gasteiger partial charge in [0, 0.05) is 11.3 Å². The molecular weight excluding hydrogens is 295 g/mol. The molecule has 0 saturated heterocycles. The molecule has 0 aliphatic rings. The Morgan fingerprint density at radius 1 is 1.14 bits per heavy atom. The fourth-order valence-corrected chi connectivity index (χ4v) is 2.14. The Morgan fingerprint density at radius 2 is 1.82 bits per heavy atom. The number of fused-ring (bicyclic) bond motifs is 1. The molecule has 0 unspecified atom stereocenters. The molecule has 0 aliphatic carbocycles. The van der Waals surface area contributed by atoms with Crippen molar-refractivity contribution >= 4 is 16.7 Å². The van der Waals surface area contributed by atoms with E-state index in [0.717, 1.165) is 4.68 Å². The molecule has 8 heteroatoms. The zero-order chi connectivity index (χ0) is 15.9. The van der Waals surface area contributed by atoms with E-state index in [0.29, 0.717) is 28.2 Å². The molecule has 2 heterocycles. The number of aromatic nitrogens is 4. The van der Waals surface area contributed by atoms with Crippen molar-refractivity contribution in [1.82, 2.24) is 19.7 Å². The fourth-order valence-electron chi connectivity index (χ4n) is 2.14. The highest BCUT2D eigenvalue weighted by atomic mass is 19.4. The third kappa shape index (κ3) is 2.72. The zero-order valence-electron chi connectivity index (χ0n) is 11.6. The summed E-state index contributed by atoms with van der Waals surface area (Å²) in [6.07, 6.45) is -3.01. The summed E-state index contributed by atoms with van der Waals surface area (Å²) in [6, 6.07) is 6.82. The number of halogens is 3. The maximum Gasteiger partial charge on any atom is 0.408 e. The van der Waals surface area contributed by atoms with Gasteiger partial charge in [-0.15, -0.1) is 0 Å². The van der Waals surface area contributed by atoms with Gasteiger partial charge in [0.15, 0.2) is 11.5 Å². The number of rotatable bonds is 2. The van der Waals surface area contributed by atoms with Crippen molar-refractivity contribution in [3.63, 3.8) is 0 Å². The van der Waals surface area contributed by atoms with Crippen molar-refractivity contribution in [2.45, 2.75) is 19.6 Å². The Hall–Kier alpha value is -2.64. The van der Waals surface area contributed by atoms with E-state index in [-0.39, 0.29) is 5.65 Å². The molecule has 0 spiro atoms. The number of nitrogens with two attached hydrogens (primary N) is 1. The molecule has 0 amide bonds. The van der Waals surface area contributed by atoms with E-state index in [1.165, 1.54) is 6.20 Å². The quantitative estimate of drug-likeness (QED) is 0.739. The molecule has 22 heavy (non-hydrogen) atoms. The first kappa shape index (κ1) is 14.3. The normalized spacial score (nSPS) is 12.0. The van der Waals surface area contributed by atoms with Gasteiger partial charge in [-0.05, 0) is 31.2 Å². The summed E-state index contributed by atoms with van der Waals surface area (Å²) < 4.78 is 38.6. The Kier molecular flexibility index (Phi) is 3.23. The van der Waals surface area contributed by atoms with Crippen LogP contribution in [0.3, 0.4) is 0 Å². The third-order valence-electron chi connectivity index (χ3n) is 3.18. The number of benzene rings is 1. The summed E-state index contributed by atoms with van der Waals surface area (Å²) in [5.41, 5.74) is 7.63. The highest BCUT2D eigenvalue weighted by molar-refractivity contribution is 5.79. The minimum absolute atomic E-state index is 0.164. The van der Waals surface area contributed by atoms with Crippen LogP contribution in [-0.2, 0) is 6.54 Å². The molecule has 0 radical (unpaired) electrons. The minimum Gasteiger partial charge on any atom is -0.399 e. The molecule has 1 aromatic carbocycles. The standard InChI is InChI=1S/C14H12F3N5/c1-8-11-6-19-22(7-14(15,16)17)13(11)21-12(20-8)9-2-4-10(18)5-3-9/h2-6H,7,18H2,1H3. The van der Waals surface area contributed by atoms with E-state index in [2.05, 4.69) is 15.1 Å². The summed E-state index contributed by atoms with van der Waals surface area (Å²) in [5, 5.41) is 4.27. The van der Waals surface area contributed by atoms with E-state index < -0.39 is 12.7 Å². The fraction of sp³-hybridized carbons (Fsp3) is 0.214. The molecule has 0 fully saturated rings. The van der Waals surface area contributed by atoms with Crippen LogP contribution in [0, 0.1) is 6.92 Å². The highest BCUT2D eigenvalue weighted by Crippen LogP contribution is 2.24. The predicted octanol–water partition coefficient (Wildman–Crippen LogP) is 2.95. The van der Waals surface area contributed by atoms with Crippen LogP contribution in [0.2, 0.25) is 0 Å². The predicted molar refractivity (Wildman–Crippen MR) is 76.0 cm³/mol. The maximum absolute atomic E-state index is 12.6. The number of nitrogen functional groups attached to an aromatic ring is 1. The molecule has 3 rings (SSSR count). The Balaban J connectivity index is 2.13. The van der Waals surface area contributed by atoms with E-state index >= 15 is 0 Å². The van der Waals surface area contributed by atoms with Crippen LogP contribution in [0.25, 0.3) is 22.4 Å². The van der Waals surface area contributed by atoms with Crippen LogP contribution >= 0.6 is 0 Å². The molecular formula is C14H12F3N5. The molecule has 0 aliphatic heterocycles. The summed E-state index contributed by atoms with van der Waals surface area (Å²) in [5.74, 6) is 0.342. The topological polar surface area (TPSA) is 69.6 Å². The van der Waals surface area contributed by atoms with Crippen LogP contribution in [0.5, 0.6) is 0 Å². The summed E-state index contributed by atoms with van der Waals surface area (Å²) in [6.45, 7) is 0.526. The number of nitrogens with zero attached hydrogens (tertiary/aromatic N) is 4. The Labute approximate surface area is 123 Å². The average Bonchev–Trinajstić information content (AvgIpc) is 2.81. The van der Waals surface area contributed by atoms with Crippen LogP contribution in [0.1, 0.15) is 5.69 Å². The van der Waals surface area contributed by atoms with Crippen molar-refractivity contribution in [2.75, 3.05) is 5.73 Å². The van der Waals surface area contributed by atoms with Gasteiger partial charge < -0.3 is 5.73 Å². The van der Waals surface area contributed by atoms with Gasteiger partial charge in [0.2, 0.25) is 0 Å². The number of aryl methyl sites for hydroxylation is 1. The number of anilines is 1. The molecule has 2 N–H and O–H groups in total. The van der Waals surface area contributed by atoms with Crippen molar-refractivity contribution in [2.24, 2.45) is 0 Å². The lowest BCUT2D eigenvalue weighted by Crippen LogP contribution is -2.19. The van der Waals surface area contributed by atoms with Gasteiger partial charge in [-0.1, -0.05) is 0 Å². The molecule has 2 aromatic heterocycles. The molecule has 5 nitrogen and oxygen atoms in total. The van der Waals surface area contributed by atoms with Crippen LogP contribution in [0.4, 0.5) is 18.9 Å². The van der Waals surface area contributed by atoms with Crippen molar-refractivity contribution in [1.29, 1.82) is 0 Å². The Morgan fingerprint density at radius 3 is 2.45 bits per heavy atom. The van der Waals surface area contributed by atoms with Crippen molar-refractivity contribution < 1.29 is 13.2 Å².